The second-order valence-corrected chi connectivity index (χ2v) is 7.41. The number of benzene rings is 1. The predicted octanol–water partition coefficient (Wildman–Crippen LogP) is 0.533. The second kappa shape index (κ2) is 7.23. The van der Waals surface area contributed by atoms with Crippen LogP contribution in [0.1, 0.15) is 12.8 Å². The zero-order valence-electron chi connectivity index (χ0n) is 11.8. The van der Waals surface area contributed by atoms with Crippen molar-refractivity contribution in [1.29, 1.82) is 5.26 Å². The standard InChI is InChI=1S/C14H18ClN3O2S/c15-13-5-1-2-6-14(13)21(19,20)18-11-9-17(10-12-18)8-4-3-7-16/h1-2,5-6H,3-4,8-12H2/p+1. The molecule has 0 saturated carbocycles. The van der Waals surface area contributed by atoms with Gasteiger partial charge in [-0.05, 0) is 12.1 Å². The summed E-state index contributed by atoms with van der Waals surface area (Å²) < 4.78 is 26.6. The molecule has 0 bridgehead atoms. The lowest BCUT2D eigenvalue weighted by molar-refractivity contribution is -0.903. The van der Waals surface area contributed by atoms with Gasteiger partial charge in [0.15, 0.2) is 0 Å². The van der Waals surface area contributed by atoms with Crippen LogP contribution in [0.2, 0.25) is 5.02 Å². The van der Waals surface area contributed by atoms with Crippen LogP contribution < -0.4 is 4.90 Å². The summed E-state index contributed by atoms with van der Waals surface area (Å²) in [5.41, 5.74) is 0. The molecule has 2 rings (SSSR count). The Morgan fingerprint density at radius 3 is 2.57 bits per heavy atom. The van der Waals surface area contributed by atoms with E-state index in [0.717, 1.165) is 26.1 Å². The lowest BCUT2D eigenvalue weighted by Crippen LogP contribution is -3.14. The number of hydrogen-bond donors (Lipinski definition) is 1. The van der Waals surface area contributed by atoms with Crippen LogP contribution in [0.25, 0.3) is 0 Å². The second-order valence-electron chi connectivity index (χ2n) is 5.10. The molecule has 1 N–H and O–H groups in total. The highest BCUT2D eigenvalue weighted by atomic mass is 35.5. The van der Waals surface area contributed by atoms with Crippen molar-refractivity contribution in [3.05, 3.63) is 29.3 Å². The van der Waals surface area contributed by atoms with Crippen LogP contribution in [-0.2, 0) is 10.0 Å². The number of unbranched alkanes of at least 4 members (excludes halogenated alkanes) is 1. The highest BCUT2D eigenvalue weighted by Gasteiger charge is 2.31. The summed E-state index contributed by atoms with van der Waals surface area (Å²) in [4.78, 5) is 1.54. The molecule has 1 fully saturated rings. The Morgan fingerprint density at radius 1 is 1.29 bits per heavy atom. The minimum Gasteiger partial charge on any atom is -0.333 e. The highest BCUT2D eigenvalue weighted by Crippen LogP contribution is 2.23. The SMILES string of the molecule is N#CCCC[NH+]1CCN(S(=O)(=O)c2ccccc2Cl)CC1. The maximum atomic E-state index is 12.6. The first-order chi connectivity index (χ1) is 10.1. The molecular formula is C14H19ClN3O2S+. The van der Waals surface area contributed by atoms with Crippen LogP contribution in [0.4, 0.5) is 0 Å². The lowest BCUT2D eigenvalue weighted by Gasteiger charge is -2.31. The molecule has 5 nitrogen and oxygen atoms in total. The van der Waals surface area contributed by atoms with E-state index in [1.165, 1.54) is 9.21 Å². The number of quaternary nitrogens is 1. The number of piperazine rings is 1. The Morgan fingerprint density at radius 2 is 1.95 bits per heavy atom. The van der Waals surface area contributed by atoms with E-state index in [1.54, 1.807) is 24.3 Å². The average Bonchev–Trinajstić information content (AvgIpc) is 2.48. The van der Waals surface area contributed by atoms with Crippen molar-refractivity contribution in [3.63, 3.8) is 0 Å². The van der Waals surface area contributed by atoms with Gasteiger partial charge in [0.25, 0.3) is 0 Å². The molecular weight excluding hydrogens is 310 g/mol. The quantitative estimate of drug-likeness (QED) is 0.802. The molecule has 0 amide bonds. The lowest BCUT2D eigenvalue weighted by atomic mass is 10.3. The van der Waals surface area contributed by atoms with Gasteiger partial charge in [-0.15, -0.1) is 0 Å². The zero-order valence-corrected chi connectivity index (χ0v) is 13.3. The summed E-state index contributed by atoms with van der Waals surface area (Å²) in [6.07, 6.45) is 1.42. The Bertz CT molecular complexity index is 619. The first kappa shape index (κ1) is 16.2. The number of halogens is 1. The molecule has 0 aliphatic carbocycles. The van der Waals surface area contributed by atoms with E-state index < -0.39 is 10.0 Å². The molecule has 1 saturated heterocycles. The van der Waals surface area contributed by atoms with Crippen LogP contribution in [0, 0.1) is 11.3 Å². The van der Waals surface area contributed by atoms with Gasteiger partial charge in [0, 0.05) is 12.8 Å². The van der Waals surface area contributed by atoms with E-state index in [2.05, 4.69) is 6.07 Å². The Balaban J connectivity index is 1.99. The average molecular weight is 329 g/mol. The Kier molecular flexibility index (Phi) is 5.59. The van der Waals surface area contributed by atoms with Crippen molar-refractivity contribution < 1.29 is 13.3 Å². The molecule has 1 aliphatic rings. The van der Waals surface area contributed by atoms with E-state index in [9.17, 15) is 8.42 Å². The van der Waals surface area contributed by atoms with Gasteiger partial charge >= 0.3 is 0 Å². The van der Waals surface area contributed by atoms with E-state index in [0.29, 0.717) is 19.5 Å². The minimum absolute atomic E-state index is 0.180. The third-order valence-corrected chi connectivity index (χ3v) is 6.10. The monoisotopic (exact) mass is 328 g/mol. The molecule has 0 aromatic heterocycles. The molecule has 1 aromatic carbocycles. The fraction of sp³-hybridized carbons (Fsp3) is 0.500. The van der Waals surface area contributed by atoms with Crippen molar-refractivity contribution in [1.82, 2.24) is 4.31 Å². The van der Waals surface area contributed by atoms with Crippen LogP contribution in [0.5, 0.6) is 0 Å². The largest absolute Gasteiger partial charge is 0.333 e. The van der Waals surface area contributed by atoms with Gasteiger partial charge in [-0.3, -0.25) is 0 Å². The zero-order chi connectivity index (χ0) is 15.3. The third kappa shape index (κ3) is 3.95. The number of hydrogen-bond acceptors (Lipinski definition) is 3. The van der Waals surface area contributed by atoms with Gasteiger partial charge < -0.3 is 4.90 Å². The fourth-order valence-electron chi connectivity index (χ4n) is 2.50. The number of sulfonamides is 1. The van der Waals surface area contributed by atoms with Crippen molar-refractivity contribution >= 4 is 21.6 Å². The molecule has 7 heteroatoms. The predicted molar refractivity (Wildman–Crippen MR) is 80.6 cm³/mol. The van der Waals surface area contributed by atoms with E-state index in [-0.39, 0.29) is 9.92 Å². The van der Waals surface area contributed by atoms with Crippen LogP contribution in [-0.4, -0.2) is 45.4 Å². The maximum Gasteiger partial charge on any atom is 0.244 e. The first-order valence-electron chi connectivity index (χ1n) is 7.01. The molecule has 1 heterocycles. The summed E-state index contributed by atoms with van der Waals surface area (Å²) in [5.74, 6) is 0. The molecule has 0 radical (unpaired) electrons. The summed E-state index contributed by atoms with van der Waals surface area (Å²) in [5, 5.41) is 8.80. The smallest absolute Gasteiger partial charge is 0.244 e. The van der Waals surface area contributed by atoms with Gasteiger partial charge in [-0.25, -0.2) is 8.42 Å². The number of rotatable bonds is 5. The summed E-state index contributed by atoms with van der Waals surface area (Å²) >= 11 is 6.00. The summed E-state index contributed by atoms with van der Waals surface area (Å²) in [6, 6.07) is 8.68. The molecule has 1 aliphatic heterocycles. The number of nitriles is 1. The van der Waals surface area contributed by atoms with E-state index in [4.69, 9.17) is 16.9 Å². The van der Waals surface area contributed by atoms with Gasteiger partial charge in [0.05, 0.1) is 43.8 Å². The number of nitrogens with zero attached hydrogens (tertiary/aromatic N) is 2. The Hall–Kier alpha value is -1.13. The van der Waals surface area contributed by atoms with Crippen molar-refractivity contribution in [2.45, 2.75) is 17.7 Å². The van der Waals surface area contributed by atoms with E-state index >= 15 is 0 Å². The van der Waals surface area contributed by atoms with Gasteiger partial charge in [0.1, 0.15) is 4.90 Å². The summed E-state index contributed by atoms with van der Waals surface area (Å²) in [6.45, 7) is 3.46. The molecule has 1 aromatic rings. The van der Waals surface area contributed by atoms with Crippen LogP contribution >= 0.6 is 11.6 Å². The van der Waals surface area contributed by atoms with Crippen molar-refractivity contribution in [2.75, 3.05) is 32.7 Å². The van der Waals surface area contributed by atoms with Crippen LogP contribution in [0.3, 0.4) is 0 Å². The number of nitrogens with one attached hydrogen (secondary N) is 1. The molecule has 0 spiro atoms. The minimum atomic E-state index is -3.51. The first-order valence-corrected chi connectivity index (χ1v) is 8.82. The van der Waals surface area contributed by atoms with Crippen LogP contribution in [0.15, 0.2) is 29.2 Å². The molecule has 21 heavy (non-hydrogen) atoms. The molecule has 0 unspecified atom stereocenters. The fourth-order valence-corrected chi connectivity index (χ4v) is 4.44. The van der Waals surface area contributed by atoms with Crippen molar-refractivity contribution in [2.24, 2.45) is 0 Å². The summed E-state index contributed by atoms with van der Waals surface area (Å²) in [7, 11) is -3.51. The topological polar surface area (TPSA) is 65.6 Å². The van der Waals surface area contributed by atoms with Crippen molar-refractivity contribution in [3.8, 4) is 6.07 Å². The third-order valence-electron chi connectivity index (χ3n) is 3.70. The van der Waals surface area contributed by atoms with E-state index in [1.807, 2.05) is 0 Å². The molecule has 114 valence electrons. The Labute approximate surface area is 130 Å². The normalized spacial score (nSPS) is 17.5. The van der Waals surface area contributed by atoms with Gasteiger partial charge in [0.2, 0.25) is 10.0 Å². The van der Waals surface area contributed by atoms with Gasteiger partial charge in [-0.1, -0.05) is 23.7 Å². The molecule has 0 atom stereocenters. The van der Waals surface area contributed by atoms with Gasteiger partial charge in [-0.2, -0.15) is 9.57 Å². The highest BCUT2D eigenvalue weighted by molar-refractivity contribution is 7.89. The maximum absolute atomic E-state index is 12.6.